The molecule has 0 unspecified atom stereocenters. The number of halogens is 1. The topological polar surface area (TPSA) is 3.24 Å². The molecule has 0 fully saturated rings. The fraction of sp³-hybridized carbons (Fsp3) is 0.368. The first-order chi connectivity index (χ1) is 10.4. The second kappa shape index (κ2) is 7.33. The van der Waals surface area contributed by atoms with E-state index in [2.05, 4.69) is 68.8 Å². The summed E-state index contributed by atoms with van der Waals surface area (Å²) < 4.78 is 1.25. The second-order valence-electron chi connectivity index (χ2n) is 6.49. The minimum atomic E-state index is 0.0571. The lowest BCUT2D eigenvalue weighted by atomic mass is 9.98. The van der Waals surface area contributed by atoms with Gasteiger partial charge in [0.2, 0.25) is 0 Å². The molecular weight excluding hydrogens is 310 g/mol. The van der Waals surface area contributed by atoms with Gasteiger partial charge in [0.25, 0.3) is 0 Å². The van der Waals surface area contributed by atoms with E-state index in [1.807, 2.05) is 11.5 Å². The van der Waals surface area contributed by atoms with E-state index < -0.39 is 0 Å². The van der Waals surface area contributed by atoms with Gasteiger partial charge in [0.15, 0.2) is 0 Å². The van der Waals surface area contributed by atoms with Crippen LogP contribution in [0.3, 0.4) is 0 Å². The molecule has 2 rings (SSSR count). The van der Waals surface area contributed by atoms with Crippen molar-refractivity contribution in [2.75, 3.05) is 13.6 Å². The minimum Gasteiger partial charge on any atom is -0.298 e. The molecule has 1 nitrogen and oxygen atoms in total. The third-order valence-electron chi connectivity index (χ3n) is 3.15. The molecule has 0 saturated carbocycles. The van der Waals surface area contributed by atoms with Crippen LogP contribution < -0.4 is 0 Å². The summed E-state index contributed by atoms with van der Waals surface area (Å²) >= 11 is 8.01. The Labute approximate surface area is 142 Å². The van der Waals surface area contributed by atoms with Gasteiger partial charge >= 0.3 is 0 Å². The highest BCUT2D eigenvalue weighted by Crippen LogP contribution is 2.33. The Bertz CT molecular complexity index is 725. The number of thiophene rings is 1. The first kappa shape index (κ1) is 17.1. The van der Waals surface area contributed by atoms with Crippen LogP contribution in [0.2, 0.25) is 5.02 Å². The Morgan fingerprint density at radius 3 is 2.82 bits per heavy atom. The van der Waals surface area contributed by atoms with Gasteiger partial charge < -0.3 is 0 Å². The van der Waals surface area contributed by atoms with Gasteiger partial charge in [-0.15, -0.1) is 11.3 Å². The summed E-state index contributed by atoms with van der Waals surface area (Å²) in [6.45, 7) is 8.10. The van der Waals surface area contributed by atoms with Crippen molar-refractivity contribution >= 4 is 33.0 Å². The normalized spacial score (nSPS) is 12.1. The number of likely N-dealkylation sites (N-methyl/N-ethyl adjacent to an activating group) is 1. The molecule has 1 aromatic carbocycles. The molecule has 1 heterocycles. The summed E-state index contributed by atoms with van der Waals surface area (Å²) in [5.41, 5.74) is 1.34. The van der Waals surface area contributed by atoms with Crippen molar-refractivity contribution in [1.29, 1.82) is 0 Å². The van der Waals surface area contributed by atoms with Crippen molar-refractivity contribution in [2.45, 2.75) is 27.3 Å². The van der Waals surface area contributed by atoms with Gasteiger partial charge in [0.05, 0.1) is 5.02 Å². The SMILES string of the molecule is CN(C/C=C/C#CC(C)(C)C)Cc1cccc2scc(Cl)c12. The van der Waals surface area contributed by atoms with E-state index in [9.17, 15) is 0 Å². The second-order valence-corrected chi connectivity index (χ2v) is 7.81. The van der Waals surface area contributed by atoms with Gasteiger partial charge in [-0.25, -0.2) is 0 Å². The van der Waals surface area contributed by atoms with Crippen LogP contribution in [0.25, 0.3) is 10.1 Å². The molecule has 0 radical (unpaired) electrons. The molecule has 0 aliphatic carbocycles. The zero-order valence-electron chi connectivity index (χ0n) is 13.6. The molecule has 116 valence electrons. The third-order valence-corrected chi connectivity index (χ3v) is 4.52. The van der Waals surface area contributed by atoms with E-state index in [1.54, 1.807) is 11.3 Å². The van der Waals surface area contributed by atoms with E-state index in [1.165, 1.54) is 15.6 Å². The van der Waals surface area contributed by atoms with Crippen molar-refractivity contribution in [2.24, 2.45) is 5.41 Å². The van der Waals surface area contributed by atoms with Crippen LogP contribution in [0.15, 0.2) is 35.7 Å². The largest absolute Gasteiger partial charge is 0.298 e. The number of benzene rings is 1. The molecule has 2 aromatic rings. The van der Waals surface area contributed by atoms with Crippen LogP contribution in [0, 0.1) is 17.3 Å². The molecule has 0 saturated heterocycles. The molecule has 0 atom stereocenters. The number of hydrogen-bond donors (Lipinski definition) is 0. The van der Waals surface area contributed by atoms with E-state index in [-0.39, 0.29) is 5.41 Å². The highest BCUT2D eigenvalue weighted by atomic mass is 35.5. The number of hydrogen-bond acceptors (Lipinski definition) is 2. The van der Waals surface area contributed by atoms with Gasteiger partial charge in [-0.2, -0.15) is 0 Å². The van der Waals surface area contributed by atoms with Gasteiger partial charge in [0, 0.05) is 34.0 Å². The van der Waals surface area contributed by atoms with Crippen molar-refractivity contribution in [3.05, 3.63) is 46.3 Å². The van der Waals surface area contributed by atoms with E-state index in [4.69, 9.17) is 11.6 Å². The Morgan fingerprint density at radius 1 is 1.32 bits per heavy atom. The Morgan fingerprint density at radius 2 is 2.09 bits per heavy atom. The van der Waals surface area contributed by atoms with Gasteiger partial charge in [0.1, 0.15) is 0 Å². The quantitative estimate of drug-likeness (QED) is 0.660. The standard InChI is InChI=1S/C19H22ClNS/c1-19(2,3)11-6-5-7-12-21(4)13-15-9-8-10-17-18(15)16(20)14-22-17/h5,7-10,14H,12-13H2,1-4H3/b7-5+. The maximum atomic E-state index is 6.31. The summed E-state index contributed by atoms with van der Waals surface area (Å²) in [7, 11) is 2.11. The first-order valence-electron chi connectivity index (χ1n) is 7.37. The predicted molar refractivity (Wildman–Crippen MR) is 99.5 cm³/mol. The van der Waals surface area contributed by atoms with Crippen LogP contribution >= 0.6 is 22.9 Å². The van der Waals surface area contributed by atoms with Crippen LogP contribution in [0.5, 0.6) is 0 Å². The Kier molecular flexibility index (Phi) is 5.69. The molecule has 0 spiro atoms. The molecule has 0 amide bonds. The number of allylic oxidation sites excluding steroid dienone is 1. The van der Waals surface area contributed by atoms with Crippen molar-refractivity contribution < 1.29 is 0 Å². The number of nitrogens with zero attached hydrogens (tertiary/aromatic N) is 1. The van der Waals surface area contributed by atoms with E-state index in [0.29, 0.717) is 0 Å². The van der Waals surface area contributed by atoms with Crippen LogP contribution in [-0.4, -0.2) is 18.5 Å². The van der Waals surface area contributed by atoms with Crippen LogP contribution in [-0.2, 0) is 6.54 Å². The average molecular weight is 332 g/mol. The molecule has 0 aliphatic heterocycles. The Hall–Kier alpha value is -1.27. The summed E-state index contributed by atoms with van der Waals surface area (Å²) in [6.07, 6.45) is 4.05. The van der Waals surface area contributed by atoms with Crippen molar-refractivity contribution in [3.8, 4) is 11.8 Å². The number of fused-ring (bicyclic) bond motifs is 1. The maximum Gasteiger partial charge on any atom is 0.0594 e. The summed E-state index contributed by atoms with van der Waals surface area (Å²) in [6, 6.07) is 6.38. The Balaban J connectivity index is 1.99. The molecule has 22 heavy (non-hydrogen) atoms. The lowest BCUT2D eigenvalue weighted by molar-refractivity contribution is 0.365. The maximum absolute atomic E-state index is 6.31. The lowest BCUT2D eigenvalue weighted by Gasteiger charge is -2.15. The predicted octanol–water partition coefficient (Wildman–Crippen LogP) is 5.59. The van der Waals surface area contributed by atoms with Gasteiger partial charge in [-0.05, 0) is 45.5 Å². The number of rotatable bonds is 4. The zero-order valence-corrected chi connectivity index (χ0v) is 15.2. The third kappa shape index (κ3) is 4.88. The summed E-state index contributed by atoms with van der Waals surface area (Å²) in [5, 5.41) is 4.06. The van der Waals surface area contributed by atoms with Gasteiger partial charge in [-0.1, -0.05) is 41.7 Å². The van der Waals surface area contributed by atoms with Crippen molar-refractivity contribution in [3.63, 3.8) is 0 Å². The average Bonchev–Trinajstić information content (AvgIpc) is 2.80. The summed E-state index contributed by atoms with van der Waals surface area (Å²) in [4.78, 5) is 2.26. The van der Waals surface area contributed by atoms with Crippen LogP contribution in [0.4, 0.5) is 0 Å². The van der Waals surface area contributed by atoms with E-state index in [0.717, 1.165) is 18.1 Å². The zero-order chi connectivity index (χ0) is 16.2. The highest BCUT2D eigenvalue weighted by Gasteiger charge is 2.08. The van der Waals surface area contributed by atoms with Crippen LogP contribution in [0.1, 0.15) is 26.3 Å². The van der Waals surface area contributed by atoms with Crippen molar-refractivity contribution in [1.82, 2.24) is 4.90 Å². The fourth-order valence-corrected chi connectivity index (χ4v) is 3.43. The molecule has 0 N–H and O–H groups in total. The molecule has 3 heteroatoms. The smallest absolute Gasteiger partial charge is 0.0594 e. The highest BCUT2D eigenvalue weighted by molar-refractivity contribution is 7.17. The monoisotopic (exact) mass is 331 g/mol. The fourth-order valence-electron chi connectivity index (χ4n) is 2.16. The molecule has 1 aromatic heterocycles. The summed E-state index contributed by atoms with van der Waals surface area (Å²) in [5.74, 6) is 6.30. The lowest BCUT2D eigenvalue weighted by Crippen LogP contribution is -2.17. The first-order valence-corrected chi connectivity index (χ1v) is 8.63. The van der Waals surface area contributed by atoms with Gasteiger partial charge in [-0.3, -0.25) is 4.90 Å². The molecule has 0 aliphatic rings. The molecule has 0 bridgehead atoms. The molecular formula is C19H22ClNS. The minimum absolute atomic E-state index is 0.0571. The van der Waals surface area contributed by atoms with E-state index >= 15 is 0 Å².